The maximum absolute atomic E-state index is 12.8. The molecule has 1 aromatic carbocycles. The molecule has 1 heterocycles. The molecule has 1 saturated carbocycles. The molecular weight excluding hydrogens is 336 g/mol. The van der Waals surface area contributed by atoms with Gasteiger partial charge in [-0.3, -0.25) is 9.59 Å². The molecule has 148 valence electrons. The molecule has 0 spiro atoms. The lowest BCUT2D eigenvalue weighted by Crippen LogP contribution is -2.48. The molecule has 3 rings (SSSR count). The van der Waals surface area contributed by atoms with Crippen molar-refractivity contribution in [1.29, 1.82) is 0 Å². The molecular formula is C23H34N2O2. The highest BCUT2D eigenvalue weighted by molar-refractivity contribution is 5.84. The van der Waals surface area contributed by atoms with Gasteiger partial charge >= 0.3 is 0 Å². The normalized spacial score (nSPS) is 19.5. The summed E-state index contributed by atoms with van der Waals surface area (Å²) in [6.45, 7) is 3.53. The van der Waals surface area contributed by atoms with Crippen LogP contribution < -0.4 is 0 Å². The predicted molar refractivity (Wildman–Crippen MR) is 108 cm³/mol. The van der Waals surface area contributed by atoms with Gasteiger partial charge in [0, 0.05) is 26.1 Å². The van der Waals surface area contributed by atoms with Gasteiger partial charge < -0.3 is 9.80 Å². The number of nitrogens with zero attached hydrogens (tertiary/aromatic N) is 2. The van der Waals surface area contributed by atoms with Crippen molar-refractivity contribution < 1.29 is 9.59 Å². The lowest BCUT2D eigenvalue weighted by Gasteiger charge is -2.35. The molecule has 1 aromatic rings. The second-order valence-electron chi connectivity index (χ2n) is 8.31. The second kappa shape index (κ2) is 9.91. The van der Waals surface area contributed by atoms with Crippen molar-refractivity contribution in [2.45, 2.75) is 70.8 Å². The predicted octanol–water partition coefficient (Wildman–Crippen LogP) is 4.04. The molecule has 2 amide bonds. The molecule has 4 nitrogen and oxygen atoms in total. The summed E-state index contributed by atoms with van der Waals surface area (Å²) in [4.78, 5) is 28.9. The van der Waals surface area contributed by atoms with Crippen LogP contribution >= 0.6 is 0 Å². The van der Waals surface area contributed by atoms with Crippen LogP contribution in [0.25, 0.3) is 0 Å². The van der Waals surface area contributed by atoms with Gasteiger partial charge in [-0.2, -0.15) is 0 Å². The van der Waals surface area contributed by atoms with Crippen molar-refractivity contribution in [2.75, 3.05) is 19.6 Å². The smallest absolute Gasteiger partial charge is 0.242 e. The van der Waals surface area contributed by atoms with Gasteiger partial charge in [-0.25, -0.2) is 0 Å². The summed E-state index contributed by atoms with van der Waals surface area (Å²) in [6, 6.07) is 10.9. The van der Waals surface area contributed by atoms with Crippen LogP contribution in [0, 0.1) is 5.92 Å². The zero-order valence-electron chi connectivity index (χ0n) is 16.7. The Morgan fingerprint density at radius 1 is 0.963 bits per heavy atom. The van der Waals surface area contributed by atoms with Crippen LogP contribution in [0.5, 0.6) is 0 Å². The minimum Gasteiger partial charge on any atom is -0.341 e. The van der Waals surface area contributed by atoms with Crippen molar-refractivity contribution in [3.05, 3.63) is 35.9 Å². The van der Waals surface area contributed by atoms with E-state index in [2.05, 4.69) is 30.3 Å². The minimum absolute atomic E-state index is 0.0502. The zero-order valence-corrected chi connectivity index (χ0v) is 16.7. The Morgan fingerprint density at radius 3 is 2.19 bits per heavy atom. The van der Waals surface area contributed by atoms with Crippen LogP contribution in [0.1, 0.15) is 63.9 Å². The van der Waals surface area contributed by atoms with Crippen LogP contribution in [0.2, 0.25) is 0 Å². The number of likely N-dealkylation sites (tertiary alicyclic amines) is 1. The fourth-order valence-electron chi connectivity index (χ4n) is 4.65. The van der Waals surface area contributed by atoms with E-state index < -0.39 is 0 Å². The third-order valence-corrected chi connectivity index (χ3v) is 6.31. The van der Waals surface area contributed by atoms with E-state index >= 15 is 0 Å². The summed E-state index contributed by atoms with van der Waals surface area (Å²) in [5, 5.41) is 0. The molecule has 0 atom stereocenters. The molecule has 2 fully saturated rings. The summed E-state index contributed by atoms with van der Waals surface area (Å²) in [7, 11) is 0. The van der Waals surface area contributed by atoms with Gasteiger partial charge in [0.15, 0.2) is 0 Å². The first-order valence-electron chi connectivity index (χ1n) is 10.7. The third-order valence-electron chi connectivity index (χ3n) is 6.31. The maximum Gasteiger partial charge on any atom is 0.242 e. The van der Waals surface area contributed by atoms with Gasteiger partial charge in [0.25, 0.3) is 0 Å². The van der Waals surface area contributed by atoms with Gasteiger partial charge in [-0.15, -0.1) is 0 Å². The highest BCUT2D eigenvalue weighted by atomic mass is 16.2. The van der Waals surface area contributed by atoms with Crippen molar-refractivity contribution in [1.82, 2.24) is 9.80 Å². The van der Waals surface area contributed by atoms with Gasteiger partial charge in [0.1, 0.15) is 0 Å². The van der Waals surface area contributed by atoms with Crippen molar-refractivity contribution >= 4 is 11.8 Å². The van der Waals surface area contributed by atoms with E-state index in [1.807, 2.05) is 9.80 Å². The first kappa shape index (κ1) is 19.9. The molecule has 1 aliphatic carbocycles. The Hall–Kier alpha value is -1.84. The van der Waals surface area contributed by atoms with E-state index in [-0.39, 0.29) is 24.4 Å². The standard InChI is InChI=1S/C23H34N2O2/c1-19(26)25(22-11-7-2-3-8-12-22)18-23(27)24-15-13-21(14-16-24)17-20-9-5-4-6-10-20/h4-6,9-10,21-22H,2-3,7-8,11-18H2,1H3. The lowest BCUT2D eigenvalue weighted by atomic mass is 9.90. The van der Waals surface area contributed by atoms with Crippen LogP contribution in [0.4, 0.5) is 0 Å². The van der Waals surface area contributed by atoms with Crippen molar-refractivity contribution in [3.8, 4) is 0 Å². The van der Waals surface area contributed by atoms with Crippen LogP contribution in [0.3, 0.4) is 0 Å². The Bertz CT molecular complexity index is 600. The lowest BCUT2D eigenvalue weighted by molar-refractivity contribution is -0.142. The molecule has 1 saturated heterocycles. The Morgan fingerprint density at radius 2 is 1.59 bits per heavy atom. The van der Waals surface area contributed by atoms with E-state index in [0.29, 0.717) is 5.92 Å². The topological polar surface area (TPSA) is 40.6 Å². The highest BCUT2D eigenvalue weighted by Gasteiger charge is 2.28. The van der Waals surface area contributed by atoms with Gasteiger partial charge in [-0.1, -0.05) is 56.0 Å². The van der Waals surface area contributed by atoms with Gasteiger partial charge in [-0.05, 0) is 43.6 Å². The van der Waals surface area contributed by atoms with Crippen molar-refractivity contribution in [2.24, 2.45) is 5.92 Å². The summed E-state index contributed by atoms with van der Waals surface area (Å²) in [5.74, 6) is 0.837. The maximum atomic E-state index is 12.8. The Balaban J connectivity index is 1.49. The second-order valence-corrected chi connectivity index (χ2v) is 8.31. The minimum atomic E-state index is 0.0502. The zero-order chi connectivity index (χ0) is 19.1. The molecule has 1 aliphatic heterocycles. The van der Waals surface area contributed by atoms with Crippen LogP contribution in [0.15, 0.2) is 30.3 Å². The van der Waals surface area contributed by atoms with E-state index in [9.17, 15) is 9.59 Å². The quantitative estimate of drug-likeness (QED) is 0.734. The number of carbonyl (C=O) groups excluding carboxylic acids is 2. The van der Waals surface area contributed by atoms with Gasteiger partial charge in [0.05, 0.1) is 6.54 Å². The summed E-state index contributed by atoms with van der Waals surface area (Å²) < 4.78 is 0. The molecule has 0 N–H and O–H groups in total. The van der Waals surface area contributed by atoms with Crippen LogP contribution in [-0.2, 0) is 16.0 Å². The molecule has 27 heavy (non-hydrogen) atoms. The van der Waals surface area contributed by atoms with E-state index in [1.165, 1.54) is 31.2 Å². The highest BCUT2D eigenvalue weighted by Crippen LogP contribution is 2.24. The Labute approximate surface area is 163 Å². The number of piperidine rings is 1. The molecule has 4 heteroatoms. The molecule has 0 aromatic heterocycles. The average molecular weight is 371 g/mol. The molecule has 0 bridgehead atoms. The van der Waals surface area contributed by atoms with E-state index in [1.54, 1.807) is 6.92 Å². The number of rotatable bonds is 5. The molecule has 0 radical (unpaired) electrons. The number of hydrogen-bond donors (Lipinski definition) is 0. The number of amides is 2. The third kappa shape index (κ3) is 5.82. The number of benzene rings is 1. The summed E-state index contributed by atoms with van der Waals surface area (Å²) in [6.07, 6.45) is 10.2. The number of hydrogen-bond acceptors (Lipinski definition) is 2. The average Bonchev–Trinajstić information content (AvgIpc) is 2.96. The first-order valence-corrected chi connectivity index (χ1v) is 10.7. The first-order chi connectivity index (χ1) is 13.1. The van der Waals surface area contributed by atoms with Crippen LogP contribution in [-0.4, -0.2) is 47.3 Å². The molecule has 2 aliphatic rings. The van der Waals surface area contributed by atoms with E-state index in [4.69, 9.17) is 0 Å². The summed E-state index contributed by atoms with van der Waals surface area (Å²) in [5.41, 5.74) is 1.39. The van der Waals surface area contributed by atoms with Crippen molar-refractivity contribution in [3.63, 3.8) is 0 Å². The SMILES string of the molecule is CC(=O)N(CC(=O)N1CCC(Cc2ccccc2)CC1)C1CCCCCC1. The molecule has 0 unspecified atom stereocenters. The fourth-order valence-corrected chi connectivity index (χ4v) is 4.65. The van der Waals surface area contributed by atoms with E-state index in [0.717, 1.165) is 45.2 Å². The fraction of sp³-hybridized carbons (Fsp3) is 0.652. The summed E-state index contributed by atoms with van der Waals surface area (Å²) >= 11 is 0. The van der Waals surface area contributed by atoms with Gasteiger partial charge in [0.2, 0.25) is 11.8 Å². The largest absolute Gasteiger partial charge is 0.341 e. The monoisotopic (exact) mass is 370 g/mol. The number of carbonyl (C=O) groups is 2. The Kier molecular flexibility index (Phi) is 7.31.